The molecule has 1 aromatic rings. The summed E-state index contributed by atoms with van der Waals surface area (Å²) in [6.07, 6.45) is 2.52. The molecule has 104 valence electrons. The second kappa shape index (κ2) is 7.16. The summed E-state index contributed by atoms with van der Waals surface area (Å²) in [5.41, 5.74) is 2.81. The van der Waals surface area contributed by atoms with Gasteiger partial charge in [0.15, 0.2) is 6.61 Å². The smallest absolute Gasteiger partial charge is 0.349 e. The second-order valence-corrected chi connectivity index (χ2v) is 4.38. The van der Waals surface area contributed by atoms with Gasteiger partial charge in [-0.25, -0.2) is 4.79 Å². The Labute approximate surface area is 118 Å². The monoisotopic (exact) mass is 271 g/mol. The van der Waals surface area contributed by atoms with Gasteiger partial charge in [0.1, 0.15) is 17.7 Å². The average molecular weight is 271 g/mol. The van der Waals surface area contributed by atoms with Gasteiger partial charge in [-0.15, -0.1) is 0 Å². The predicted molar refractivity (Wildman–Crippen MR) is 74.4 cm³/mol. The highest BCUT2D eigenvalue weighted by Crippen LogP contribution is 2.19. The molecular weight excluding hydrogens is 254 g/mol. The minimum Gasteiger partial charge on any atom is -0.446 e. The quantitative estimate of drug-likeness (QED) is 0.468. The Kier molecular flexibility index (Phi) is 5.56. The SMILES string of the molecule is CCCn1c(C)cc(/C=C(\C#N)C(=O)OCC#N)c1C. The number of aromatic nitrogens is 1. The van der Waals surface area contributed by atoms with E-state index in [0.29, 0.717) is 0 Å². The molecule has 20 heavy (non-hydrogen) atoms. The predicted octanol–water partition coefficient (Wildman–Crippen LogP) is 2.49. The number of esters is 1. The first-order valence-corrected chi connectivity index (χ1v) is 6.37. The molecule has 0 aliphatic heterocycles. The minimum atomic E-state index is -0.769. The summed E-state index contributed by atoms with van der Waals surface area (Å²) in [6, 6.07) is 5.44. The molecule has 1 rings (SSSR count). The van der Waals surface area contributed by atoms with Crippen LogP contribution < -0.4 is 0 Å². The van der Waals surface area contributed by atoms with Crippen LogP contribution in [0.2, 0.25) is 0 Å². The zero-order valence-corrected chi connectivity index (χ0v) is 11.9. The van der Waals surface area contributed by atoms with Gasteiger partial charge in [0.2, 0.25) is 0 Å². The number of hydrogen-bond acceptors (Lipinski definition) is 4. The lowest BCUT2D eigenvalue weighted by Gasteiger charge is -2.07. The molecule has 5 heteroatoms. The Morgan fingerprint density at radius 3 is 2.70 bits per heavy atom. The van der Waals surface area contributed by atoms with E-state index in [-0.39, 0.29) is 12.2 Å². The molecule has 0 radical (unpaired) electrons. The van der Waals surface area contributed by atoms with Crippen LogP contribution >= 0.6 is 0 Å². The van der Waals surface area contributed by atoms with Gasteiger partial charge < -0.3 is 9.30 Å². The van der Waals surface area contributed by atoms with Crippen LogP contribution in [0.3, 0.4) is 0 Å². The van der Waals surface area contributed by atoms with Crippen molar-refractivity contribution in [2.24, 2.45) is 0 Å². The molecule has 5 nitrogen and oxygen atoms in total. The van der Waals surface area contributed by atoms with E-state index < -0.39 is 5.97 Å². The lowest BCUT2D eigenvalue weighted by molar-refractivity contribution is -0.137. The van der Waals surface area contributed by atoms with Gasteiger partial charge in [-0.3, -0.25) is 0 Å². The zero-order valence-electron chi connectivity index (χ0n) is 11.9. The fourth-order valence-corrected chi connectivity index (χ4v) is 2.01. The molecule has 0 atom stereocenters. The van der Waals surface area contributed by atoms with E-state index in [0.717, 1.165) is 29.9 Å². The number of nitrogens with zero attached hydrogens (tertiary/aromatic N) is 3. The van der Waals surface area contributed by atoms with Crippen molar-refractivity contribution >= 4 is 12.0 Å². The molecule has 0 N–H and O–H groups in total. The molecule has 1 heterocycles. The van der Waals surface area contributed by atoms with Crippen molar-refractivity contribution in [3.05, 3.63) is 28.6 Å². The normalized spacial score (nSPS) is 10.8. The third kappa shape index (κ3) is 3.49. The van der Waals surface area contributed by atoms with E-state index >= 15 is 0 Å². The Bertz CT molecular complexity index is 612. The van der Waals surface area contributed by atoms with Gasteiger partial charge in [-0.1, -0.05) is 6.92 Å². The third-order valence-electron chi connectivity index (χ3n) is 2.97. The Morgan fingerprint density at radius 1 is 1.45 bits per heavy atom. The molecule has 0 saturated carbocycles. The summed E-state index contributed by atoms with van der Waals surface area (Å²) < 4.78 is 6.78. The molecule has 0 bridgehead atoms. The van der Waals surface area contributed by atoms with Gasteiger partial charge in [0.25, 0.3) is 0 Å². The standard InChI is InChI=1S/C15H17N3O2/c1-4-6-18-11(2)8-13(12(18)3)9-14(10-17)15(19)20-7-5-16/h8-9H,4,6-7H2,1-3H3/b14-9+. The summed E-state index contributed by atoms with van der Waals surface area (Å²) in [5, 5.41) is 17.4. The van der Waals surface area contributed by atoms with Crippen molar-refractivity contribution in [1.29, 1.82) is 10.5 Å². The highest BCUT2D eigenvalue weighted by Gasteiger charge is 2.13. The van der Waals surface area contributed by atoms with Crippen molar-refractivity contribution in [1.82, 2.24) is 4.57 Å². The summed E-state index contributed by atoms with van der Waals surface area (Å²) in [7, 11) is 0. The number of nitriles is 2. The minimum absolute atomic E-state index is 0.100. The van der Waals surface area contributed by atoms with Crippen LogP contribution in [-0.4, -0.2) is 17.1 Å². The van der Waals surface area contributed by atoms with Crippen molar-refractivity contribution in [3.63, 3.8) is 0 Å². The molecule has 0 spiro atoms. The van der Waals surface area contributed by atoms with E-state index in [1.165, 1.54) is 6.08 Å². The largest absolute Gasteiger partial charge is 0.446 e. The number of ether oxygens (including phenoxy) is 1. The van der Waals surface area contributed by atoms with Crippen LogP contribution in [0.1, 0.15) is 30.3 Å². The first-order chi connectivity index (χ1) is 9.54. The van der Waals surface area contributed by atoms with E-state index in [9.17, 15) is 4.79 Å². The van der Waals surface area contributed by atoms with E-state index in [1.807, 2.05) is 26.0 Å². The number of rotatable bonds is 5. The molecule has 1 aromatic heterocycles. The molecule has 0 amide bonds. The average Bonchev–Trinajstić information content (AvgIpc) is 2.70. The fraction of sp³-hybridized carbons (Fsp3) is 0.400. The van der Waals surface area contributed by atoms with Crippen LogP contribution in [0.25, 0.3) is 6.08 Å². The maximum atomic E-state index is 11.6. The molecule has 0 aliphatic carbocycles. The van der Waals surface area contributed by atoms with E-state index in [1.54, 1.807) is 6.07 Å². The lowest BCUT2D eigenvalue weighted by Crippen LogP contribution is -2.07. The third-order valence-corrected chi connectivity index (χ3v) is 2.97. The molecule has 0 aliphatic rings. The van der Waals surface area contributed by atoms with E-state index in [4.69, 9.17) is 10.5 Å². The molecular formula is C15H17N3O2. The number of carbonyl (C=O) groups excluding carboxylic acids is 1. The van der Waals surface area contributed by atoms with Crippen LogP contribution in [0, 0.1) is 36.5 Å². The second-order valence-electron chi connectivity index (χ2n) is 4.38. The van der Waals surface area contributed by atoms with Gasteiger partial charge in [0.05, 0.1) is 0 Å². The molecule has 0 aromatic carbocycles. The highest BCUT2D eigenvalue weighted by molar-refractivity contribution is 5.98. The van der Waals surface area contributed by atoms with Gasteiger partial charge in [-0.05, 0) is 38.0 Å². The molecule has 0 saturated heterocycles. The summed E-state index contributed by atoms with van der Waals surface area (Å²) >= 11 is 0. The summed E-state index contributed by atoms with van der Waals surface area (Å²) in [6.45, 7) is 6.57. The van der Waals surface area contributed by atoms with Crippen LogP contribution in [0.15, 0.2) is 11.6 Å². The maximum absolute atomic E-state index is 11.6. The topological polar surface area (TPSA) is 78.8 Å². The van der Waals surface area contributed by atoms with Crippen molar-refractivity contribution in [3.8, 4) is 12.1 Å². The molecule has 0 unspecified atom stereocenters. The van der Waals surface area contributed by atoms with E-state index in [2.05, 4.69) is 16.2 Å². The Morgan fingerprint density at radius 2 is 2.15 bits per heavy atom. The number of carbonyl (C=O) groups is 1. The molecule has 0 fully saturated rings. The van der Waals surface area contributed by atoms with Crippen molar-refractivity contribution < 1.29 is 9.53 Å². The summed E-state index contributed by atoms with van der Waals surface area (Å²) in [4.78, 5) is 11.6. The fourth-order valence-electron chi connectivity index (χ4n) is 2.01. The Hall–Kier alpha value is -2.53. The van der Waals surface area contributed by atoms with Crippen LogP contribution in [0.4, 0.5) is 0 Å². The highest BCUT2D eigenvalue weighted by atomic mass is 16.5. The van der Waals surface area contributed by atoms with Gasteiger partial charge in [-0.2, -0.15) is 10.5 Å². The number of aryl methyl sites for hydroxylation is 1. The van der Waals surface area contributed by atoms with Crippen molar-refractivity contribution in [2.75, 3.05) is 6.61 Å². The lowest BCUT2D eigenvalue weighted by atomic mass is 10.1. The summed E-state index contributed by atoms with van der Waals surface area (Å²) in [5.74, 6) is -0.769. The first-order valence-electron chi connectivity index (χ1n) is 6.37. The maximum Gasteiger partial charge on any atom is 0.349 e. The van der Waals surface area contributed by atoms with Crippen molar-refractivity contribution in [2.45, 2.75) is 33.7 Å². The van der Waals surface area contributed by atoms with Gasteiger partial charge in [0, 0.05) is 17.9 Å². The van der Waals surface area contributed by atoms with Crippen LogP contribution in [0.5, 0.6) is 0 Å². The Balaban J connectivity index is 3.09. The number of hydrogen-bond donors (Lipinski definition) is 0. The van der Waals surface area contributed by atoms with Gasteiger partial charge >= 0.3 is 5.97 Å². The zero-order chi connectivity index (χ0) is 15.1. The first kappa shape index (κ1) is 15.5. The van der Waals surface area contributed by atoms with Crippen LogP contribution in [-0.2, 0) is 16.1 Å².